The molecule has 1 fully saturated rings. The normalized spacial score (nSPS) is 22.3. The van der Waals surface area contributed by atoms with E-state index < -0.39 is 0 Å². The largest absolute Gasteiger partial charge is 0.348 e. The van der Waals surface area contributed by atoms with Crippen LogP contribution >= 0.6 is 0 Å². The number of nitrogens with one attached hydrogen (secondary N) is 3. The van der Waals surface area contributed by atoms with Crippen LogP contribution in [0.1, 0.15) is 61.3 Å². The minimum atomic E-state index is -0.0177. The molecule has 0 spiro atoms. The smallest absolute Gasteiger partial charge is 0.272 e. The van der Waals surface area contributed by atoms with Crippen molar-refractivity contribution >= 4 is 5.91 Å². The molecule has 0 saturated heterocycles. The zero-order valence-electron chi connectivity index (χ0n) is 12.4. The van der Waals surface area contributed by atoms with E-state index in [1.165, 1.54) is 12.8 Å². The summed E-state index contributed by atoms with van der Waals surface area (Å²) in [5.74, 6) is -0.0177. The van der Waals surface area contributed by atoms with Gasteiger partial charge in [0, 0.05) is 36.8 Å². The van der Waals surface area contributed by atoms with E-state index in [-0.39, 0.29) is 5.91 Å². The van der Waals surface area contributed by atoms with E-state index >= 15 is 0 Å². The van der Waals surface area contributed by atoms with Crippen LogP contribution in [-0.4, -0.2) is 28.7 Å². The quantitative estimate of drug-likeness (QED) is 0.771. The van der Waals surface area contributed by atoms with Gasteiger partial charge in [0.25, 0.3) is 5.91 Å². The Hall–Kier alpha value is -1.36. The number of rotatable bonds is 2. The molecule has 1 saturated carbocycles. The first-order chi connectivity index (χ1) is 9.55. The average Bonchev–Trinajstić information content (AvgIpc) is 2.85. The van der Waals surface area contributed by atoms with Crippen LogP contribution in [0.25, 0.3) is 0 Å². The van der Waals surface area contributed by atoms with Crippen LogP contribution in [0.4, 0.5) is 0 Å². The third-order valence-electron chi connectivity index (χ3n) is 4.70. The highest BCUT2D eigenvalue weighted by Gasteiger charge is 2.29. The number of aromatic amines is 1. The van der Waals surface area contributed by atoms with E-state index in [0.29, 0.717) is 17.2 Å². The topological polar surface area (TPSA) is 69.8 Å². The fourth-order valence-corrected chi connectivity index (χ4v) is 3.21. The summed E-state index contributed by atoms with van der Waals surface area (Å²) in [6.07, 6.45) is 5.43. The van der Waals surface area contributed by atoms with Crippen LogP contribution in [0.15, 0.2) is 0 Å². The monoisotopic (exact) mass is 276 g/mol. The van der Waals surface area contributed by atoms with Gasteiger partial charge in [0.1, 0.15) is 0 Å². The molecule has 3 rings (SSSR count). The molecular weight excluding hydrogens is 252 g/mol. The van der Waals surface area contributed by atoms with Gasteiger partial charge in [-0.1, -0.05) is 13.8 Å². The van der Waals surface area contributed by atoms with Crippen molar-refractivity contribution in [2.45, 2.75) is 58.5 Å². The molecular formula is C15H24N4O. The van der Waals surface area contributed by atoms with E-state index in [9.17, 15) is 4.79 Å². The molecule has 110 valence electrons. The SMILES string of the molecule is CC1(C)CCC(NC(=O)c2n[nH]c3c2CNCC3)CC1. The highest BCUT2D eigenvalue weighted by Crippen LogP contribution is 2.35. The van der Waals surface area contributed by atoms with Gasteiger partial charge in [-0.2, -0.15) is 5.10 Å². The van der Waals surface area contributed by atoms with E-state index in [4.69, 9.17) is 0 Å². The number of amides is 1. The Labute approximate surface area is 119 Å². The van der Waals surface area contributed by atoms with Gasteiger partial charge in [-0.15, -0.1) is 0 Å². The Balaban J connectivity index is 1.64. The molecule has 20 heavy (non-hydrogen) atoms. The lowest BCUT2D eigenvalue weighted by Gasteiger charge is -2.34. The molecule has 3 N–H and O–H groups in total. The molecule has 0 unspecified atom stereocenters. The summed E-state index contributed by atoms with van der Waals surface area (Å²) in [5, 5.41) is 13.7. The van der Waals surface area contributed by atoms with Crippen molar-refractivity contribution < 1.29 is 4.79 Å². The molecule has 5 nitrogen and oxygen atoms in total. The van der Waals surface area contributed by atoms with Gasteiger partial charge >= 0.3 is 0 Å². The zero-order chi connectivity index (χ0) is 14.2. The third kappa shape index (κ3) is 2.73. The molecule has 0 radical (unpaired) electrons. The van der Waals surface area contributed by atoms with Gasteiger partial charge in [0.15, 0.2) is 5.69 Å². The standard InChI is InChI=1S/C15H24N4O/c1-15(2)6-3-10(4-7-15)17-14(20)13-11-9-16-8-5-12(11)18-19-13/h10,16H,3-9H2,1-2H3,(H,17,20)(H,18,19). The lowest BCUT2D eigenvalue weighted by Crippen LogP contribution is -2.40. The Morgan fingerprint density at radius 2 is 2.10 bits per heavy atom. The van der Waals surface area contributed by atoms with Crippen LogP contribution in [0, 0.1) is 5.41 Å². The molecule has 1 aromatic rings. The molecule has 2 heterocycles. The lowest BCUT2D eigenvalue weighted by molar-refractivity contribution is 0.0902. The van der Waals surface area contributed by atoms with Crippen molar-refractivity contribution in [2.75, 3.05) is 6.54 Å². The van der Waals surface area contributed by atoms with Crippen LogP contribution in [0.5, 0.6) is 0 Å². The maximum Gasteiger partial charge on any atom is 0.272 e. The minimum absolute atomic E-state index is 0.0177. The fourth-order valence-electron chi connectivity index (χ4n) is 3.21. The summed E-state index contributed by atoms with van der Waals surface area (Å²) >= 11 is 0. The Morgan fingerprint density at radius 3 is 2.85 bits per heavy atom. The summed E-state index contributed by atoms with van der Waals surface area (Å²) in [6, 6.07) is 0.305. The van der Waals surface area contributed by atoms with E-state index in [1.807, 2.05) is 0 Å². The van der Waals surface area contributed by atoms with Crippen LogP contribution in [0.3, 0.4) is 0 Å². The van der Waals surface area contributed by atoms with Gasteiger partial charge in [0.2, 0.25) is 0 Å². The fraction of sp³-hybridized carbons (Fsp3) is 0.733. The van der Waals surface area contributed by atoms with Gasteiger partial charge in [-0.25, -0.2) is 0 Å². The predicted octanol–water partition coefficient (Wildman–Crippen LogP) is 1.75. The summed E-state index contributed by atoms with van der Waals surface area (Å²) < 4.78 is 0. The molecule has 1 aliphatic heterocycles. The first-order valence-corrected chi connectivity index (χ1v) is 7.63. The molecule has 1 aliphatic carbocycles. The molecule has 1 aromatic heterocycles. The second-order valence-corrected chi connectivity index (χ2v) is 6.87. The number of H-pyrrole nitrogens is 1. The molecule has 0 aromatic carbocycles. The molecule has 2 aliphatic rings. The second kappa shape index (κ2) is 5.20. The highest BCUT2D eigenvalue weighted by molar-refractivity contribution is 5.94. The van der Waals surface area contributed by atoms with Crippen LogP contribution < -0.4 is 10.6 Å². The molecule has 5 heteroatoms. The first kappa shape index (κ1) is 13.6. The van der Waals surface area contributed by atoms with Crippen LogP contribution in [0.2, 0.25) is 0 Å². The van der Waals surface area contributed by atoms with Crippen molar-refractivity contribution in [1.82, 2.24) is 20.8 Å². The number of carbonyl (C=O) groups is 1. The van der Waals surface area contributed by atoms with Crippen molar-refractivity contribution in [3.05, 3.63) is 17.0 Å². The summed E-state index contributed by atoms with van der Waals surface area (Å²) in [6.45, 7) is 6.31. The van der Waals surface area contributed by atoms with Crippen molar-refractivity contribution in [1.29, 1.82) is 0 Å². The summed E-state index contributed by atoms with van der Waals surface area (Å²) in [5.41, 5.74) is 3.16. The predicted molar refractivity (Wildman–Crippen MR) is 77.5 cm³/mol. The third-order valence-corrected chi connectivity index (χ3v) is 4.70. The average molecular weight is 276 g/mol. The Bertz CT molecular complexity index is 496. The van der Waals surface area contributed by atoms with E-state index in [1.54, 1.807) is 0 Å². The first-order valence-electron chi connectivity index (χ1n) is 7.63. The molecule has 1 amide bonds. The van der Waals surface area contributed by atoms with E-state index in [2.05, 4.69) is 34.7 Å². The number of fused-ring (bicyclic) bond motifs is 1. The zero-order valence-corrected chi connectivity index (χ0v) is 12.4. The van der Waals surface area contributed by atoms with Gasteiger partial charge in [-0.05, 0) is 31.1 Å². The van der Waals surface area contributed by atoms with Crippen molar-refractivity contribution in [3.63, 3.8) is 0 Å². The maximum atomic E-state index is 12.4. The number of nitrogens with zero attached hydrogens (tertiary/aromatic N) is 1. The number of aromatic nitrogens is 2. The summed E-state index contributed by atoms with van der Waals surface area (Å²) in [7, 11) is 0. The molecule has 0 atom stereocenters. The van der Waals surface area contributed by atoms with E-state index in [0.717, 1.165) is 43.6 Å². The van der Waals surface area contributed by atoms with Gasteiger partial charge in [-0.3, -0.25) is 9.89 Å². The maximum absolute atomic E-state index is 12.4. The number of carbonyl (C=O) groups excluding carboxylic acids is 1. The lowest BCUT2D eigenvalue weighted by atomic mass is 9.75. The second-order valence-electron chi connectivity index (χ2n) is 6.87. The van der Waals surface area contributed by atoms with Crippen molar-refractivity contribution in [3.8, 4) is 0 Å². The minimum Gasteiger partial charge on any atom is -0.348 e. The van der Waals surface area contributed by atoms with Gasteiger partial charge in [0.05, 0.1) is 0 Å². The van der Waals surface area contributed by atoms with Gasteiger partial charge < -0.3 is 10.6 Å². The highest BCUT2D eigenvalue weighted by atomic mass is 16.2. The summed E-state index contributed by atoms with van der Waals surface area (Å²) in [4.78, 5) is 12.4. The number of hydrogen-bond acceptors (Lipinski definition) is 3. The molecule has 0 bridgehead atoms. The Morgan fingerprint density at radius 1 is 1.35 bits per heavy atom. The number of hydrogen-bond donors (Lipinski definition) is 3. The van der Waals surface area contributed by atoms with Crippen molar-refractivity contribution in [2.24, 2.45) is 5.41 Å². The van der Waals surface area contributed by atoms with Crippen LogP contribution in [-0.2, 0) is 13.0 Å². The Kier molecular flexibility index (Phi) is 3.54.